The molecule has 3 atom stereocenters. The Morgan fingerprint density at radius 3 is 2.11 bits per heavy atom. The van der Waals surface area contributed by atoms with Crippen LogP contribution in [-0.4, -0.2) is 47.2 Å². The zero-order valence-corrected chi connectivity index (χ0v) is 10.6. The van der Waals surface area contributed by atoms with Crippen LogP contribution in [0, 0.1) is 10.1 Å². The van der Waals surface area contributed by atoms with Gasteiger partial charge in [-0.1, -0.05) is 0 Å². The fourth-order valence-corrected chi connectivity index (χ4v) is 3.23. The lowest BCUT2D eigenvalue weighted by Crippen LogP contribution is -2.62. The van der Waals surface area contributed by atoms with Crippen molar-refractivity contribution in [3.63, 3.8) is 0 Å². The molecule has 3 N–H and O–H groups in total. The van der Waals surface area contributed by atoms with Crippen molar-refractivity contribution in [2.75, 3.05) is 0 Å². The molecule has 3 unspecified atom stereocenters. The molecule has 0 aliphatic carbocycles. The first kappa shape index (κ1) is 15.0. The predicted molar refractivity (Wildman–Crippen MR) is 58.3 cm³/mol. The fraction of sp³-hybridized carbons (Fsp3) is 0.667. The van der Waals surface area contributed by atoms with Gasteiger partial charge < -0.3 is 0 Å². The van der Waals surface area contributed by atoms with E-state index in [0.29, 0.717) is 6.08 Å². The number of nitro groups is 1. The third kappa shape index (κ3) is 2.67. The minimum absolute atomic E-state index is 0.695. The number of hydrogen-bond donors (Lipinski definition) is 3. The van der Waals surface area contributed by atoms with E-state index in [4.69, 9.17) is 9.11 Å². The standard InChI is InChI=1S/C6H10N2O8S2/c1-6(8(9)10)3-2-4(17(11,12)13)7-5(6)18(14,15)16/h2-5,7H,1H3,(H,11,12,13)(H,14,15,16). The Balaban J connectivity index is 3.37. The van der Waals surface area contributed by atoms with Gasteiger partial charge in [0.1, 0.15) is 0 Å². The van der Waals surface area contributed by atoms with Gasteiger partial charge in [0.05, 0.1) is 0 Å². The van der Waals surface area contributed by atoms with Crippen LogP contribution in [0.3, 0.4) is 0 Å². The Morgan fingerprint density at radius 1 is 1.28 bits per heavy atom. The van der Waals surface area contributed by atoms with Gasteiger partial charge in [0.15, 0.2) is 5.37 Å². The largest absolute Gasteiger partial charge is 0.288 e. The van der Waals surface area contributed by atoms with Crippen LogP contribution < -0.4 is 5.32 Å². The molecule has 1 aliphatic rings. The maximum Gasteiger partial charge on any atom is 0.288 e. The molecule has 10 nitrogen and oxygen atoms in total. The summed E-state index contributed by atoms with van der Waals surface area (Å²) in [6, 6.07) is 0. The van der Waals surface area contributed by atoms with Gasteiger partial charge in [0, 0.05) is 11.8 Å². The van der Waals surface area contributed by atoms with Gasteiger partial charge in [-0.2, -0.15) is 16.8 Å². The van der Waals surface area contributed by atoms with E-state index in [-0.39, 0.29) is 0 Å². The van der Waals surface area contributed by atoms with Crippen molar-refractivity contribution < 1.29 is 30.9 Å². The lowest BCUT2D eigenvalue weighted by molar-refractivity contribution is -0.551. The predicted octanol–water partition coefficient (Wildman–Crippen LogP) is -1.39. The van der Waals surface area contributed by atoms with Crippen molar-refractivity contribution in [3.8, 4) is 0 Å². The van der Waals surface area contributed by atoms with Crippen LogP contribution in [-0.2, 0) is 20.2 Å². The average molecular weight is 302 g/mol. The van der Waals surface area contributed by atoms with Crippen LogP contribution in [0.25, 0.3) is 0 Å². The smallest absolute Gasteiger partial charge is 0.284 e. The van der Waals surface area contributed by atoms with Gasteiger partial charge >= 0.3 is 0 Å². The molecule has 1 heterocycles. The van der Waals surface area contributed by atoms with Gasteiger partial charge in [0.25, 0.3) is 25.8 Å². The molecule has 1 rings (SSSR count). The molecular weight excluding hydrogens is 292 g/mol. The molecule has 12 heteroatoms. The highest BCUT2D eigenvalue weighted by Gasteiger charge is 2.54. The molecule has 0 spiro atoms. The first-order chi connectivity index (χ1) is 7.89. The molecule has 18 heavy (non-hydrogen) atoms. The van der Waals surface area contributed by atoms with Gasteiger partial charge in [-0.05, 0) is 12.2 Å². The number of nitrogens with zero attached hydrogens (tertiary/aromatic N) is 1. The van der Waals surface area contributed by atoms with Crippen LogP contribution in [0.1, 0.15) is 6.92 Å². The Morgan fingerprint density at radius 2 is 1.78 bits per heavy atom. The zero-order chi connectivity index (χ0) is 14.4. The normalized spacial score (nSPS) is 33.3. The first-order valence-corrected chi connectivity index (χ1v) is 7.42. The molecule has 1 aliphatic heterocycles. The Bertz CT molecular complexity index is 593. The molecule has 0 bridgehead atoms. The van der Waals surface area contributed by atoms with Crippen molar-refractivity contribution in [3.05, 3.63) is 22.3 Å². The van der Waals surface area contributed by atoms with Gasteiger partial charge in [-0.25, -0.2) is 0 Å². The monoisotopic (exact) mass is 302 g/mol. The molecule has 0 aromatic carbocycles. The number of rotatable bonds is 3. The molecule has 0 fully saturated rings. The van der Waals surface area contributed by atoms with Crippen molar-refractivity contribution in [2.45, 2.75) is 23.2 Å². The van der Waals surface area contributed by atoms with Crippen LogP contribution in [0.5, 0.6) is 0 Å². The fourth-order valence-electron chi connectivity index (χ4n) is 1.47. The van der Waals surface area contributed by atoms with E-state index in [9.17, 15) is 26.9 Å². The Hall–Kier alpha value is -1.08. The molecule has 0 aromatic heterocycles. The third-order valence-electron chi connectivity index (χ3n) is 2.47. The van der Waals surface area contributed by atoms with Crippen LogP contribution in [0.4, 0.5) is 0 Å². The highest BCUT2D eigenvalue weighted by atomic mass is 32.2. The summed E-state index contributed by atoms with van der Waals surface area (Å²) in [5, 5.41) is 8.57. The van der Waals surface area contributed by atoms with Crippen molar-refractivity contribution >= 4 is 20.2 Å². The van der Waals surface area contributed by atoms with E-state index < -0.39 is 41.4 Å². The van der Waals surface area contributed by atoms with Gasteiger partial charge in [-0.3, -0.25) is 24.5 Å². The summed E-state index contributed by atoms with van der Waals surface area (Å²) in [5.74, 6) is 0. The van der Waals surface area contributed by atoms with Crippen LogP contribution >= 0.6 is 0 Å². The van der Waals surface area contributed by atoms with E-state index in [2.05, 4.69) is 0 Å². The highest BCUT2D eigenvalue weighted by molar-refractivity contribution is 7.87. The van der Waals surface area contributed by atoms with E-state index >= 15 is 0 Å². The summed E-state index contributed by atoms with van der Waals surface area (Å²) in [6.07, 6.45) is 1.43. The van der Waals surface area contributed by atoms with Crippen LogP contribution in [0.15, 0.2) is 12.2 Å². The zero-order valence-electron chi connectivity index (χ0n) is 8.92. The summed E-state index contributed by atoms with van der Waals surface area (Å²) in [6.45, 7) is 0.884. The van der Waals surface area contributed by atoms with Gasteiger partial charge in [0.2, 0.25) is 5.37 Å². The van der Waals surface area contributed by atoms with Crippen molar-refractivity contribution in [1.82, 2.24) is 5.32 Å². The molecular formula is C6H10N2O8S2. The van der Waals surface area contributed by atoms with E-state index in [1.165, 1.54) is 0 Å². The maximum atomic E-state index is 11.1. The molecule has 0 radical (unpaired) electrons. The van der Waals surface area contributed by atoms with Crippen LogP contribution in [0.2, 0.25) is 0 Å². The number of nitrogens with one attached hydrogen (secondary N) is 1. The third-order valence-corrected chi connectivity index (χ3v) is 4.61. The second-order valence-electron chi connectivity index (χ2n) is 3.84. The van der Waals surface area contributed by atoms with E-state index in [1.807, 2.05) is 0 Å². The molecule has 104 valence electrons. The van der Waals surface area contributed by atoms with Crippen molar-refractivity contribution in [1.29, 1.82) is 0 Å². The molecule has 0 amide bonds. The summed E-state index contributed by atoms with van der Waals surface area (Å²) in [5.41, 5.74) is -2.26. The molecule has 0 saturated heterocycles. The SMILES string of the molecule is CC1([N+](=O)[O-])C=CC(S(=O)(=O)O)NC1S(=O)(=O)O. The molecule has 0 saturated carbocycles. The minimum atomic E-state index is -4.95. The van der Waals surface area contributed by atoms with E-state index in [0.717, 1.165) is 13.0 Å². The summed E-state index contributed by atoms with van der Waals surface area (Å²) in [7, 11) is -9.64. The second-order valence-corrected chi connectivity index (χ2v) is 6.88. The lowest BCUT2D eigenvalue weighted by Gasteiger charge is -2.31. The highest BCUT2D eigenvalue weighted by Crippen LogP contribution is 2.26. The van der Waals surface area contributed by atoms with E-state index in [1.54, 1.807) is 5.32 Å². The molecule has 0 aromatic rings. The summed E-state index contributed by atoms with van der Waals surface area (Å²) in [4.78, 5) is 9.83. The van der Waals surface area contributed by atoms with Gasteiger partial charge in [-0.15, -0.1) is 0 Å². The maximum absolute atomic E-state index is 11.1. The summed E-state index contributed by atoms with van der Waals surface area (Å²) < 4.78 is 61.4. The van der Waals surface area contributed by atoms with Crippen molar-refractivity contribution in [2.24, 2.45) is 0 Å². The lowest BCUT2D eigenvalue weighted by atomic mass is 10.00. The second kappa shape index (κ2) is 4.24. The topological polar surface area (TPSA) is 164 Å². The Labute approximate surface area is 102 Å². The minimum Gasteiger partial charge on any atom is -0.284 e. The number of hydrogen-bond acceptors (Lipinski definition) is 7. The average Bonchev–Trinajstić information content (AvgIpc) is 2.14. The summed E-state index contributed by atoms with van der Waals surface area (Å²) >= 11 is 0. The first-order valence-electron chi connectivity index (χ1n) is 4.41. The quantitative estimate of drug-likeness (QED) is 0.246. The Kier molecular flexibility index (Phi) is 3.53.